The van der Waals surface area contributed by atoms with Crippen molar-refractivity contribution in [3.05, 3.63) is 71.6 Å². The number of fused-ring (bicyclic) bond motifs is 1. The van der Waals surface area contributed by atoms with Crippen LogP contribution in [-0.2, 0) is 6.54 Å². The molecule has 1 N–H and O–H groups in total. The van der Waals surface area contributed by atoms with E-state index in [0.29, 0.717) is 12.1 Å². The fourth-order valence-electron chi connectivity index (χ4n) is 3.36. The lowest BCUT2D eigenvalue weighted by Gasteiger charge is -2.21. The quantitative estimate of drug-likeness (QED) is 0.785. The van der Waals surface area contributed by atoms with E-state index in [1.165, 1.54) is 11.1 Å². The molecule has 5 heteroatoms. The third-order valence-electron chi connectivity index (χ3n) is 4.94. The van der Waals surface area contributed by atoms with Gasteiger partial charge in [0.1, 0.15) is 5.65 Å². The number of aromatic nitrogens is 2. The Morgan fingerprint density at radius 1 is 1.23 bits per heavy atom. The number of hydrogen-bond acceptors (Lipinski definition) is 3. The Morgan fingerprint density at radius 2 is 2.04 bits per heavy atom. The molecule has 3 heterocycles. The summed E-state index contributed by atoms with van der Waals surface area (Å²) in [5, 5.41) is 10.1. The number of pyridine rings is 1. The van der Waals surface area contributed by atoms with Crippen LogP contribution in [0.3, 0.4) is 0 Å². The van der Waals surface area contributed by atoms with Crippen LogP contribution in [0, 0.1) is 0 Å². The predicted octanol–water partition coefficient (Wildman–Crippen LogP) is 3.50. The van der Waals surface area contributed by atoms with Crippen LogP contribution in [0.1, 0.15) is 27.9 Å². The fourth-order valence-corrected chi connectivity index (χ4v) is 3.36. The van der Waals surface area contributed by atoms with Gasteiger partial charge in [-0.15, -0.1) is 0 Å². The average molecular weight is 347 g/mol. The minimum atomic E-state index is -0.902. The third kappa shape index (κ3) is 3.26. The summed E-state index contributed by atoms with van der Waals surface area (Å²) in [6.45, 7) is 2.74. The van der Waals surface area contributed by atoms with Crippen molar-refractivity contribution in [1.82, 2.24) is 14.5 Å². The molecular weight excluding hydrogens is 326 g/mol. The highest BCUT2D eigenvalue weighted by atomic mass is 16.4. The van der Waals surface area contributed by atoms with Crippen molar-refractivity contribution in [2.24, 2.45) is 0 Å². The van der Waals surface area contributed by atoms with Gasteiger partial charge in [-0.25, -0.2) is 9.78 Å². The maximum atomic E-state index is 11.0. The lowest BCUT2D eigenvalue weighted by Crippen LogP contribution is -2.23. The molecular formula is C21H21N3O2. The summed E-state index contributed by atoms with van der Waals surface area (Å²) in [4.78, 5) is 18.0. The monoisotopic (exact) mass is 347 g/mol. The topological polar surface area (TPSA) is 58.4 Å². The normalized spacial score (nSPS) is 15.2. The van der Waals surface area contributed by atoms with Gasteiger partial charge in [-0.05, 0) is 54.4 Å². The second-order valence-electron chi connectivity index (χ2n) is 6.82. The van der Waals surface area contributed by atoms with Gasteiger partial charge in [0.2, 0.25) is 0 Å². The zero-order valence-corrected chi connectivity index (χ0v) is 14.7. The third-order valence-corrected chi connectivity index (χ3v) is 4.94. The number of aromatic carboxylic acids is 1. The summed E-state index contributed by atoms with van der Waals surface area (Å²) in [7, 11) is 2.14. The van der Waals surface area contributed by atoms with Crippen LogP contribution in [-0.4, -0.2) is 45.7 Å². The van der Waals surface area contributed by atoms with Crippen LogP contribution in [0.4, 0.5) is 0 Å². The Morgan fingerprint density at radius 3 is 2.73 bits per heavy atom. The van der Waals surface area contributed by atoms with Crippen molar-refractivity contribution in [2.75, 3.05) is 20.1 Å². The van der Waals surface area contributed by atoms with Gasteiger partial charge in [0, 0.05) is 37.4 Å². The second kappa shape index (κ2) is 6.77. The van der Waals surface area contributed by atoms with E-state index in [2.05, 4.69) is 34.7 Å². The minimum Gasteiger partial charge on any atom is -0.478 e. The zero-order chi connectivity index (χ0) is 18.1. The van der Waals surface area contributed by atoms with E-state index in [1.807, 2.05) is 24.5 Å². The van der Waals surface area contributed by atoms with E-state index < -0.39 is 5.97 Å². The Bertz CT molecular complexity index is 986. The molecule has 132 valence electrons. The number of rotatable bonds is 4. The lowest BCUT2D eigenvalue weighted by molar-refractivity contribution is 0.0697. The van der Waals surface area contributed by atoms with Crippen LogP contribution in [0.25, 0.3) is 16.6 Å². The first-order chi connectivity index (χ1) is 12.6. The van der Waals surface area contributed by atoms with Gasteiger partial charge in [0.15, 0.2) is 0 Å². The molecule has 0 saturated carbocycles. The van der Waals surface area contributed by atoms with Crippen molar-refractivity contribution in [3.63, 3.8) is 0 Å². The first-order valence-electron chi connectivity index (χ1n) is 8.75. The molecule has 1 aliphatic rings. The van der Waals surface area contributed by atoms with E-state index >= 15 is 0 Å². The fraction of sp³-hybridized carbons (Fsp3) is 0.238. The van der Waals surface area contributed by atoms with Gasteiger partial charge in [0.25, 0.3) is 0 Å². The molecule has 2 aromatic heterocycles. The van der Waals surface area contributed by atoms with Crippen LogP contribution in [0.15, 0.2) is 54.9 Å². The largest absolute Gasteiger partial charge is 0.478 e. The molecule has 5 nitrogen and oxygen atoms in total. The number of hydrogen-bond donors (Lipinski definition) is 1. The molecule has 0 aliphatic carbocycles. The van der Waals surface area contributed by atoms with Gasteiger partial charge in [-0.2, -0.15) is 0 Å². The van der Waals surface area contributed by atoms with Gasteiger partial charge in [-0.1, -0.05) is 18.2 Å². The van der Waals surface area contributed by atoms with Gasteiger partial charge < -0.3 is 14.6 Å². The molecule has 0 amide bonds. The standard InChI is InChI=1S/C21H21N3O2/c1-23-9-6-16(7-10-23)19-12-18-8-11-24(20(18)22-13-19)14-15-2-4-17(5-3-15)21(25)26/h2-6,8,11-13H,7,9-10,14H2,1H3,(H,25,26). The molecule has 3 aromatic rings. The summed E-state index contributed by atoms with van der Waals surface area (Å²) in [5.74, 6) is -0.902. The van der Waals surface area contributed by atoms with Crippen LogP contribution in [0.5, 0.6) is 0 Å². The number of benzene rings is 1. The van der Waals surface area contributed by atoms with E-state index in [1.54, 1.807) is 12.1 Å². The van der Waals surface area contributed by atoms with Gasteiger partial charge in [0.05, 0.1) is 5.56 Å². The summed E-state index contributed by atoms with van der Waals surface area (Å²) in [5.41, 5.74) is 4.88. The second-order valence-corrected chi connectivity index (χ2v) is 6.82. The maximum absolute atomic E-state index is 11.0. The Balaban J connectivity index is 1.58. The highest BCUT2D eigenvalue weighted by molar-refractivity contribution is 5.87. The summed E-state index contributed by atoms with van der Waals surface area (Å²) in [6, 6.07) is 11.3. The molecule has 0 atom stereocenters. The van der Waals surface area contributed by atoms with Crippen LogP contribution >= 0.6 is 0 Å². The van der Waals surface area contributed by atoms with E-state index in [9.17, 15) is 4.79 Å². The molecule has 26 heavy (non-hydrogen) atoms. The Hall–Kier alpha value is -2.92. The van der Waals surface area contributed by atoms with Crippen molar-refractivity contribution in [3.8, 4) is 0 Å². The van der Waals surface area contributed by atoms with Crippen LogP contribution < -0.4 is 0 Å². The van der Waals surface area contributed by atoms with E-state index in [-0.39, 0.29) is 0 Å². The number of carbonyl (C=O) groups is 1. The number of carboxylic acid groups (broad SMARTS) is 1. The summed E-state index contributed by atoms with van der Waals surface area (Å²) >= 11 is 0. The summed E-state index contributed by atoms with van der Waals surface area (Å²) in [6.07, 6.45) is 7.34. The van der Waals surface area contributed by atoms with Crippen molar-refractivity contribution < 1.29 is 9.90 Å². The van der Waals surface area contributed by atoms with Crippen LogP contribution in [0.2, 0.25) is 0 Å². The minimum absolute atomic E-state index is 0.306. The lowest BCUT2D eigenvalue weighted by atomic mass is 10.0. The first-order valence-corrected chi connectivity index (χ1v) is 8.75. The highest BCUT2D eigenvalue weighted by Crippen LogP contribution is 2.25. The molecule has 0 spiro atoms. The molecule has 0 saturated heterocycles. The Labute approximate surface area is 152 Å². The molecule has 0 bridgehead atoms. The van der Waals surface area contributed by atoms with E-state index in [0.717, 1.165) is 36.1 Å². The average Bonchev–Trinajstić information content (AvgIpc) is 3.05. The smallest absolute Gasteiger partial charge is 0.335 e. The predicted molar refractivity (Wildman–Crippen MR) is 102 cm³/mol. The SMILES string of the molecule is CN1CC=C(c2cnc3c(ccn3Cc3ccc(C(=O)O)cc3)c2)CC1. The van der Waals surface area contributed by atoms with Crippen molar-refractivity contribution in [2.45, 2.75) is 13.0 Å². The molecule has 1 aromatic carbocycles. The molecule has 1 aliphatic heterocycles. The highest BCUT2D eigenvalue weighted by Gasteiger charge is 2.12. The van der Waals surface area contributed by atoms with E-state index in [4.69, 9.17) is 10.1 Å². The molecule has 0 fully saturated rings. The van der Waals surface area contributed by atoms with Crippen molar-refractivity contribution in [1.29, 1.82) is 0 Å². The molecule has 4 rings (SSSR count). The van der Waals surface area contributed by atoms with Gasteiger partial charge in [-0.3, -0.25) is 0 Å². The molecule has 0 unspecified atom stereocenters. The number of carboxylic acids is 1. The van der Waals surface area contributed by atoms with Crippen molar-refractivity contribution >= 4 is 22.6 Å². The Kier molecular flexibility index (Phi) is 4.31. The van der Waals surface area contributed by atoms with Gasteiger partial charge >= 0.3 is 5.97 Å². The number of nitrogens with zero attached hydrogens (tertiary/aromatic N) is 3. The number of likely N-dealkylation sites (N-methyl/N-ethyl adjacent to an activating group) is 1. The first kappa shape index (κ1) is 16.5. The summed E-state index contributed by atoms with van der Waals surface area (Å²) < 4.78 is 2.10. The maximum Gasteiger partial charge on any atom is 0.335 e. The molecule has 0 radical (unpaired) electrons. The zero-order valence-electron chi connectivity index (χ0n) is 14.7.